The van der Waals surface area contributed by atoms with Crippen LogP contribution in [-0.2, 0) is 4.79 Å². The van der Waals surface area contributed by atoms with Gasteiger partial charge in [-0.05, 0) is 36.8 Å². The lowest BCUT2D eigenvalue weighted by Gasteiger charge is -2.14. The topological polar surface area (TPSA) is 38.3 Å². The van der Waals surface area contributed by atoms with E-state index < -0.39 is 5.82 Å². The van der Waals surface area contributed by atoms with Crippen LogP contribution in [0.3, 0.4) is 0 Å². The highest BCUT2D eigenvalue weighted by molar-refractivity contribution is 9.10. The maximum atomic E-state index is 13.3. The zero-order valence-electron chi connectivity index (χ0n) is 12.2. The normalized spacial score (nSPS) is 11.8. The number of ether oxygens (including phenoxy) is 1. The van der Waals surface area contributed by atoms with Gasteiger partial charge in [-0.15, -0.1) is 0 Å². The van der Waals surface area contributed by atoms with Gasteiger partial charge in [-0.3, -0.25) is 4.79 Å². The summed E-state index contributed by atoms with van der Waals surface area (Å²) >= 11 is 3.37. The molecule has 1 amide bonds. The number of benzene rings is 2. The molecule has 0 aromatic heterocycles. The Kier molecular flexibility index (Phi) is 5.95. The Morgan fingerprint density at radius 1 is 1.23 bits per heavy atom. The van der Waals surface area contributed by atoms with Crippen LogP contribution in [0.4, 0.5) is 4.39 Å². The SMILES string of the molecule is CC(NC(=O)CCOc1ccccc1F)c1ccc(Br)cc1. The van der Waals surface area contributed by atoms with Gasteiger partial charge >= 0.3 is 0 Å². The molecule has 2 aromatic carbocycles. The predicted molar refractivity (Wildman–Crippen MR) is 87.2 cm³/mol. The highest BCUT2D eigenvalue weighted by atomic mass is 79.9. The van der Waals surface area contributed by atoms with Crippen LogP contribution in [0, 0.1) is 5.82 Å². The van der Waals surface area contributed by atoms with E-state index in [0.29, 0.717) is 0 Å². The molecule has 0 aliphatic rings. The summed E-state index contributed by atoms with van der Waals surface area (Å²) in [6.45, 7) is 2.05. The Bertz CT molecular complexity index is 631. The molecule has 2 aromatic rings. The second-order valence-corrected chi connectivity index (χ2v) is 5.79. The quantitative estimate of drug-likeness (QED) is 0.831. The van der Waals surface area contributed by atoms with E-state index in [4.69, 9.17) is 4.74 Å². The Hall–Kier alpha value is -1.88. The first kappa shape index (κ1) is 16.5. The number of para-hydroxylation sites is 1. The van der Waals surface area contributed by atoms with E-state index in [1.807, 2.05) is 31.2 Å². The van der Waals surface area contributed by atoms with Crippen molar-refractivity contribution in [2.24, 2.45) is 0 Å². The predicted octanol–water partition coefficient (Wildman–Crippen LogP) is 4.23. The van der Waals surface area contributed by atoms with Gasteiger partial charge in [0.15, 0.2) is 11.6 Å². The standard InChI is InChI=1S/C17H17BrFNO2/c1-12(13-6-8-14(18)9-7-13)20-17(21)10-11-22-16-5-3-2-4-15(16)19/h2-9,12H,10-11H2,1H3,(H,20,21). The van der Waals surface area contributed by atoms with Crippen LogP contribution < -0.4 is 10.1 Å². The van der Waals surface area contributed by atoms with Gasteiger partial charge < -0.3 is 10.1 Å². The zero-order chi connectivity index (χ0) is 15.9. The third-order valence-corrected chi connectivity index (χ3v) is 3.70. The van der Waals surface area contributed by atoms with Gasteiger partial charge in [0.1, 0.15) is 0 Å². The Labute approximate surface area is 137 Å². The van der Waals surface area contributed by atoms with E-state index in [0.717, 1.165) is 10.0 Å². The van der Waals surface area contributed by atoms with Crippen molar-refractivity contribution in [3.05, 3.63) is 64.4 Å². The molecule has 5 heteroatoms. The molecule has 1 unspecified atom stereocenters. The molecule has 116 valence electrons. The molecule has 0 aliphatic heterocycles. The fourth-order valence-electron chi connectivity index (χ4n) is 1.96. The second-order valence-electron chi connectivity index (χ2n) is 4.87. The molecule has 1 N–H and O–H groups in total. The Balaban J connectivity index is 1.78. The van der Waals surface area contributed by atoms with Gasteiger partial charge in [0.05, 0.1) is 19.1 Å². The van der Waals surface area contributed by atoms with Crippen LogP contribution in [0.1, 0.15) is 24.9 Å². The number of hydrogen-bond donors (Lipinski definition) is 1. The smallest absolute Gasteiger partial charge is 0.223 e. The van der Waals surface area contributed by atoms with Crippen molar-refractivity contribution in [2.45, 2.75) is 19.4 Å². The molecule has 22 heavy (non-hydrogen) atoms. The molecule has 2 rings (SSSR count). The summed E-state index contributed by atoms with van der Waals surface area (Å²) in [7, 11) is 0. The highest BCUT2D eigenvalue weighted by Crippen LogP contribution is 2.17. The number of rotatable bonds is 6. The third kappa shape index (κ3) is 4.84. The number of hydrogen-bond acceptors (Lipinski definition) is 2. The van der Waals surface area contributed by atoms with Crippen molar-refractivity contribution < 1.29 is 13.9 Å². The summed E-state index contributed by atoms with van der Waals surface area (Å²) in [5, 5.41) is 2.89. The van der Waals surface area contributed by atoms with Gasteiger partial charge in [-0.1, -0.05) is 40.2 Å². The van der Waals surface area contributed by atoms with Gasteiger partial charge in [0.2, 0.25) is 5.91 Å². The molecule has 0 fully saturated rings. The first-order valence-electron chi connectivity index (χ1n) is 6.98. The van der Waals surface area contributed by atoms with Crippen molar-refractivity contribution in [1.82, 2.24) is 5.32 Å². The monoisotopic (exact) mass is 365 g/mol. The summed E-state index contributed by atoms with van der Waals surface area (Å²) in [5.41, 5.74) is 1.02. The maximum absolute atomic E-state index is 13.3. The van der Waals surface area contributed by atoms with Gasteiger partial charge in [0.25, 0.3) is 0 Å². The van der Waals surface area contributed by atoms with Crippen LogP contribution in [0.15, 0.2) is 53.0 Å². The molecule has 0 saturated heterocycles. The van der Waals surface area contributed by atoms with E-state index >= 15 is 0 Å². The lowest BCUT2D eigenvalue weighted by atomic mass is 10.1. The number of nitrogens with one attached hydrogen (secondary N) is 1. The van der Waals surface area contributed by atoms with Crippen LogP contribution in [-0.4, -0.2) is 12.5 Å². The summed E-state index contributed by atoms with van der Waals surface area (Å²) in [6.07, 6.45) is 0.176. The number of amides is 1. The molecule has 3 nitrogen and oxygen atoms in total. The summed E-state index contributed by atoms with van der Waals surface area (Å²) in [5.74, 6) is -0.394. The number of carbonyl (C=O) groups excluding carboxylic acids is 1. The van der Waals surface area contributed by atoms with Gasteiger partial charge in [0, 0.05) is 4.47 Å². The number of halogens is 2. The van der Waals surface area contributed by atoms with Crippen molar-refractivity contribution in [2.75, 3.05) is 6.61 Å². The zero-order valence-corrected chi connectivity index (χ0v) is 13.8. The van der Waals surface area contributed by atoms with Crippen LogP contribution >= 0.6 is 15.9 Å². The molecular formula is C17H17BrFNO2. The van der Waals surface area contributed by atoms with Crippen LogP contribution in [0.2, 0.25) is 0 Å². The lowest BCUT2D eigenvalue weighted by Crippen LogP contribution is -2.27. The molecular weight excluding hydrogens is 349 g/mol. The molecule has 0 bridgehead atoms. The van der Waals surface area contributed by atoms with Crippen LogP contribution in [0.5, 0.6) is 5.75 Å². The summed E-state index contributed by atoms with van der Waals surface area (Å²) in [6, 6.07) is 13.8. The van der Waals surface area contributed by atoms with Crippen molar-refractivity contribution in [3.63, 3.8) is 0 Å². The lowest BCUT2D eigenvalue weighted by molar-refractivity contribution is -0.122. The first-order valence-corrected chi connectivity index (χ1v) is 7.77. The van der Waals surface area contributed by atoms with E-state index in [1.165, 1.54) is 12.1 Å². The Morgan fingerprint density at radius 2 is 1.91 bits per heavy atom. The maximum Gasteiger partial charge on any atom is 0.223 e. The van der Waals surface area contributed by atoms with Crippen LogP contribution in [0.25, 0.3) is 0 Å². The second kappa shape index (κ2) is 7.94. The number of carbonyl (C=O) groups is 1. The minimum Gasteiger partial charge on any atom is -0.490 e. The summed E-state index contributed by atoms with van der Waals surface area (Å²) < 4.78 is 19.6. The largest absolute Gasteiger partial charge is 0.490 e. The fraction of sp³-hybridized carbons (Fsp3) is 0.235. The minimum atomic E-state index is -0.425. The molecule has 0 radical (unpaired) electrons. The van der Waals surface area contributed by atoms with Gasteiger partial charge in [-0.25, -0.2) is 4.39 Å². The molecule has 0 heterocycles. The van der Waals surface area contributed by atoms with E-state index in [2.05, 4.69) is 21.2 Å². The van der Waals surface area contributed by atoms with Gasteiger partial charge in [-0.2, -0.15) is 0 Å². The minimum absolute atomic E-state index is 0.0888. The average molecular weight is 366 g/mol. The van der Waals surface area contributed by atoms with E-state index in [1.54, 1.807) is 12.1 Å². The molecule has 0 spiro atoms. The fourth-order valence-corrected chi connectivity index (χ4v) is 2.23. The first-order chi connectivity index (χ1) is 10.6. The molecule has 0 aliphatic carbocycles. The van der Waals surface area contributed by atoms with Crippen molar-refractivity contribution in [3.8, 4) is 5.75 Å². The van der Waals surface area contributed by atoms with Crippen molar-refractivity contribution in [1.29, 1.82) is 0 Å². The third-order valence-electron chi connectivity index (χ3n) is 3.17. The van der Waals surface area contributed by atoms with Crippen molar-refractivity contribution >= 4 is 21.8 Å². The Morgan fingerprint density at radius 3 is 2.59 bits per heavy atom. The molecule has 1 atom stereocenters. The van der Waals surface area contributed by atoms with E-state index in [-0.39, 0.29) is 30.7 Å². The van der Waals surface area contributed by atoms with E-state index in [9.17, 15) is 9.18 Å². The summed E-state index contributed by atoms with van der Waals surface area (Å²) in [4.78, 5) is 11.9. The highest BCUT2D eigenvalue weighted by Gasteiger charge is 2.10. The molecule has 0 saturated carbocycles. The average Bonchev–Trinajstić information content (AvgIpc) is 2.50.